The molecule has 0 radical (unpaired) electrons. The van der Waals surface area contributed by atoms with Crippen molar-refractivity contribution in [2.45, 2.75) is 13.8 Å². The molecular weight excluding hydrogens is 154 g/mol. The second-order valence-electron chi connectivity index (χ2n) is 1.95. The highest BCUT2D eigenvalue weighted by Gasteiger charge is 1.86. The van der Waals surface area contributed by atoms with Crippen molar-refractivity contribution in [2.75, 3.05) is 6.54 Å². The molecule has 0 rings (SSSR count). The Morgan fingerprint density at radius 2 is 2.08 bits per heavy atom. The molecule has 0 unspecified atom stereocenters. The molecule has 0 aliphatic carbocycles. The Morgan fingerprint density at radius 3 is 2.42 bits per heavy atom. The molecule has 0 aliphatic heterocycles. The van der Waals surface area contributed by atoms with Crippen LogP contribution >= 0.6 is 0 Å². The zero-order valence-corrected chi connectivity index (χ0v) is 7.36. The molecule has 0 heterocycles. The van der Waals surface area contributed by atoms with Crippen molar-refractivity contribution in [2.24, 2.45) is 0 Å². The lowest BCUT2D eigenvalue weighted by Crippen LogP contribution is -1.95. The molecule has 0 bridgehead atoms. The van der Waals surface area contributed by atoms with E-state index in [0.717, 1.165) is 5.57 Å². The highest BCUT2D eigenvalue weighted by molar-refractivity contribution is 5.14. The Hall–Kier alpha value is -1.56. The summed E-state index contributed by atoms with van der Waals surface area (Å²) in [5, 5.41) is 9.80. The minimum absolute atomic E-state index is 0.0921. The number of hydrogen-bond acceptors (Lipinski definition) is 2. The van der Waals surface area contributed by atoms with Crippen LogP contribution in [0.25, 0.3) is 0 Å². The molecule has 0 fully saturated rings. The second kappa shape index (κ2) is 9.44. The van der Waals surface area contributed by atoms with E-state index in [1.807, 2.05) is 19.9 Å². The van der Waals surface area contributed by atoms with Gasteiger partial charge in [0.05, 0.1) is 0 Å². The van der Waals surface area contributed by atoms with Gasteiger partial charge in [0, 0.05) is 4.92 Å². The lowest BCUT2D eigenvalue weighted by Gasteiger charge is -1.85. The van der Waals surface area contributed by atoms with E-state index in [1.54, 1.807) is 6.08 Å². The van der Waals surface area contributed by atoms with Crippen molar-refractivity contribution >= 4 is 0 Å². The predicted octanol–water partition coefficient (Wildman–Crippen LogP) is 2.03. The van der Waals surface area contributed by atoms with Gasteiger partial charge in [-0.15, -0.1) is 12.8 Å². The number of nitrogens with zero attached hydrogens (tertiary/aromatic N) is 1. The van der Waals surface area contributed by atoms with Crippen LogP contribution in [0.15, 0.2) is 23.8 Å². The van der Waals surface area contributed by atoms with Gasteiger partial charge in [0.25, 0.3) is 0 Å². The summed E-state index contributed by atoms with van der Waals surface area (Å²) < 4.78 is 0. The van der Waals surface area contributed by atoms with Crippen LogP contribution in [0, 0.1) is 23.0 Å². The Labute approximate surface area is 72.9 Å². The summed E-state index contributed by atoms with van der Waals surface area (Å²) in [4.78, 5) is 9.44. The van der Waals surface area contributed by atoms with Crippen molar-refractivity contribution in [3.8, 4) is 12.8 Å². The van der Waals surface area contributed by atoms with Crippen LogP contribution in [0.2, 0.25) is 0 Å². The van der Waals surface area contributed by atoms with Crippen LogP contribution in [-0.4, -0.2) is 11.5 Å². The summed E-state index contributed by atoms with van der Waals surface area (Å²) in [5.41, 5.74) is 1.04. The molecule has 0 aliphatic rings. The summed E-state index contributed by atoms with van der Waals surface area (Å²) in [6, 6.07) is 0. The third kappa shape index (κ3) is 11.3. The zero-order chi connectivity index (χ0) is 9.98. The molecule has 12 heavy (non-hydrogen) atoms. The Bertz CT molecular complexity index is 202. The first-order valence-electron chi connectivity index (χ1n) is 3.41. The normalized spacial score (nSPS) is 10.5. The number of nitro groups is 1. The van der Waals surface area contributed by atoms with Crippen molar-refractivity contribution in [1.82, 2.24) is 0 Å². The summed E-state index contributed by atoms with van der Waals surface area (Å²) >= 11 is 0. The highest BCUT2D eigenvalue weighted by Crippen LogP contribution is 1.92. The minimum Gasteiger partial charge on any atom is -0.264 e. The lowest BCUT2D eigenvalue weighted by molar-refractivity contribution is -0.468. The Balaban J connectivity index is 0. The first-order valence-corrected chi connectivity index (χ1v) is 3.41. The molecule has 0 N–H and O–H groups in total. The van der Waals surface area contributed by atoms with Gasteiger partial charge in [-0.25, -0.2) is 0 Å². The van der Waals surface area contributed by atoms with Gasteiger partial charge in [0.2, 0.25) is 6.54 Å². The number of allylic oxidation sites excluding steroid dienone is 3. The molecule has 3 nitrogen and oxygen atoms in total. The molecule has 0 aromatic carbocycles. The summed E-state index contributed by atoms with van der Waals surface area (Å²) in [6.07, 6.45) is 13.2. The molecule has 3 heteroatoms. The topological polar surface area (TPSA) is 43.1 Å². The summed E-state index contributed by atoms with van der Waals surface area (Å²) in [5.74, 6) is 0. The van der Waals surface area contributed by atoms with Gasteiger partial charge in [-0.1, -0.05) is 17.7 Å². The van der Waals surface area contributed by atoms with E-state index in [4.69, 9.17) is 0 Å². The maximum atomic E-state index is 9.80. The first-order chi connectivity index (χ1) is 5.66. The third-order valence-corrected chi connectivity index (χ3v) is 1.09. The fourth-order valence-electron chi connectivity index (χ4n) is 0.421. The number of terminal acetylenes is 1. The van der Waals surface area contributed by atoms with Crippen LogP contribution < -0.4 is 0 Å². The quantitative estimate of drug-likeness (QED) is 0.279. The summed E-state index contributed by atoms with van der Waals surface area (Å²) in [7, 11) is 0. The number of rotatable bonds is 3. The molecule has 0 amide bonds. The molecule has 0 spiro atoms. The SMILES string of the molecule is C#C.C/C=C(C)\C=C/C[N+](=O)[O-]. The van der Waals surface area contributed by atoms with E-state index >= 15 is 0 Å². The maximum Gasteiger partial charge on any atom is 0.222 e. The monoisotopic (exact) mass is 167 g/mol. The van der Waals surface area contributed by atoms with E-state index in [9.17, 15) is 10.1 Å². The molecule has 0 aromatic rings. The fourth-order valence-corrected chi connectivity index (χ4v) is 0.421. The van der Waals surface area contributed by atoms with E-state index in [1.165, 1.54) is 6.08 Å². The van der Waals surface area contributed by atoms with Crippen LogP contribution in [-0.2, 0) is 0 Å². The van der Waals surface area contributed by atoms with Crippen LogP contribution in [0.3, 0.4) is 0 Å². The molecule has 0 aromatic heterocycles. The largest absolute Gasteiger partial charge is 0.264 e. The van der Waals surface area contributed by atoms with Gasteiger partial charge in [-0.05, 0) is 19.9 Å². The predicted molar refractivity (Wildman–Crippen MR) is 50.3 cm³/mol. The van der Waals surface area contributed by atoms with Gasteiger partial charge in [-0.2, -0.15) is 0 Å². The van der Waals surface area contributed by atoms with E-state index in [0.29, 0.717) is 0 Å². The Kier molecular flexibility index (Phi) is 10.3. The smallest absolute Gasteiger partial charge is 0.222 e. The third-order valence-electron chi connectivity index (χ3n) is 1.09. The van der Waals surface area contributed by atoms with Gasteiger partial charge < -0.3 is 0 Å². The van der Waals surface area contributed by atoms with Crippen molar-refractivity contribution in [1.29, 1.82) is 0 Å². The van der Waals surface area contributed by atoms with Gasteiger partial charge in [-0.3, -0.25) is 10.1 Å². The highest BCUT2D eigenvalue weighted by atomic mass is 16.6. The lowest BCUT2D eigenvalue weighted by atomic mass is 10.3. The van der Waals surface area contributed by atoms with Crippen molar-refractivity contribution in [3.63, 3.8) is 0 Å². The molecule has 66 valence electrons. The second-order valence-corrected chi connectivity index (χ2v) is 1.95. The van der Waals surface area contributed by atoms with Crippen molar-refractivity contribution in [3.05, 3.63) is 33.9 Å². The van der Waals surface area contributed by atoms with Crippen molar-refractivity contribution < 1.29 is 4.92 Å². The molecular formula is C9H13NO2. The molecule has 0 saturated carbocycles. The van der Waals surface area contributed by atoms with Gasteiger partial charge in [0.1, 0.15) is 0 Å². The minimum atomic E-state index is -0.362. The average Bonchev–Trinajstić information content (AvgIpc) is 2.07. The van der Waals surface area contributed by atoms with E-state index in [2.05, 4.69) is 12.8 Å². The number of hydrogen-bond donors (Lipinski definition) is 0. The van der Waals surface area contributed by atoms with Gasteiger partial charge >= 0.3 is 0 Å². The van der Waals surface area contributed by atoms with Crippen LogP contribution in [0.1, 0.15) is 13.8 Å². The summed E-state index contributed by atoms with van der Waals surface area (Å²) in [6.45, 7) is 3.70. The standard InChI is InChI=1S/C7H11NO2.C2H2/c1-3-7(2)5-4-6-8(9)10;1-2/h3-5H,6H2,1-2H3;1-2H/b5-4-,7-3-;. The first kappa shape index (κ1) is 13.1. The average molecular weight is 167 g/mol. The zero-order valence-electron chi connectivity index (χ0n) is 7.36. The van der Waals surface area contributed by atoms with E-state index in [-0.39, 0.29) is 11.5 Å². The van der Waals surface area contributed by atoms with E-state index < -0.39 is 0 Å². The van der Waals surface area contributed by atoms with Crippen LogP contribution in [0.5, 0.6) is 0 Å². The Morgan fingerprint density at radius 1 is 1.58 bits per heavy atom. The molecule has 0 atom stereocenters. The molecule has 0 saturated heterocycles. The fraction of sp³-hybridized carbons (Fsp3) is 0.333. The van der Waals surface area contributed by atoms with Crippen LogP contribution in [0.4, 0.5) is 0 Å². The van der Waals surface area contributed by atoms with Gasteiger partial charge in [0.15, 0.2) is 0 Å². The maximum absolute atomic E-state index is 9.80.